The molecule has 1 saturated carbocycles. The average molecular weight is 211 g/mol. The van der Waals surface area contributed by atoms with Crippen molar-refractivity contribution in [2.45, 2.75) is 31.4 Å². The Bertz CT molecular complexity index is 363. The van der Waals surface area contributed by atoms with Crippen molar-refractivity contribution >= 4 is 5.97 Å². The van der Waals surface area contributed by atoms with Crippen LogP contribution in [0.15, 0.2) is 6.20 Å². The van der Waals surface area contributed by atoms with Gasteiger partial charge in [0, 0.05) is 7.11 Å². The quantitative estimate of drug-likeness (QED) is 0.796. The minimum absolute atomic E-state index is 0.0169. The Hall–Kier alpha value is -1.43. The molecule has 1 N–H and O–H groups in total. The number of carboxylic acid groups (broad SMARTS) is 1. The lowest BCUT2D eigenvalue weighted by molar-refractivity contribution is 0.0683. The van der Waals surface area contributed by atoms with E-state index in [9.17, 15) is 4.79 Å². The zero-order chi connectivity index (χ0) is 10.8. The molecule has 1 fully saturated rings. The lowest BCUT2D eigenvalue weighted by Crippen LogP contribution is -2.21. The number of nitrogens with zero attached hydrogens (tertiary/aromatic N) is 3. The summed E-state index contributed by atoms with van der Waals surface area (Å²) in [6.07, 6.45) is 4.61. The molecule has 1 aromatic heterocycles. The van der Waals surface area contributed by atoms with Crippen molar-refractivity contribution in [1.29, 1.82) is 0 Å². The second-order valence-electron chi connectivity index (χ2n) is 3.66. The summed E-state index contributed by atoms with van der Waals surface area (Å²) in [6, 6.07) is 0.121. The maximum atomic E-state index is 10.6. The van der Waals surface area contributed by atoms with Gasteiger partial charge in [0.15, 0.2) is 5.69 Å². The van der Waals surface area contributed by atoms with Gasteiger partial charge in [-0.1, -0.05) is 5.21 Å². The molecular formula is C9H13N3O3. The first-order chi connectivity index (χ1) is 7.22. The van der Waals surface area contributed by atoms with Crippen molar-refractivity contribution in [3.8, 4) is 0 Å². The van der Waals surface area contributed by atoms with Gasteiger partial charge < -0.3 is 9.84 Å². The Kier molecular flexibility index (Phi) is 2.68. The van der Waals surface area contributed by atoms with Crippen LogP contribution in [0.5, 0.6) is 0 Å². The van der Waals surface area contributed by atoms with Crippen LogP contribution < -0.4 is 0 Å². The van der Waals surface area contributed by atoms with E-state index in [1.54, 1.807) is 11.8 Å². The van der Waals surface area contributed by atoms with Crippen molar-refractivity contribution in [1.82, 2.24) is 15.0 Å². The molecule has 2 unspecified atom stereocenters. The van der Waals surface area contributed by atoms with Gasteiger partial charge in [0.25, 0.3) is 0 Å². The van der Waals surface area contributed by atoms with E-state index in [-0.39, 0.29) is 17.8 Å². The molecule has 15 heavy (non-hydrogen) atoms. The van der Waals surface area contributed by atoms with Gasteiger partial charge >= 0.3 is 5.97 Å². The Morgan fingerprint density at radius 2 is 2.47 bits per heavy atom. The molecule has 0 bridgehead atoms. The average Bonchev–Trinajstić information content (AvgIpc) is 2.85. The SMILES string of the molecule is COC1CCCC1n1cc(C(=O)O)nn1. The lowest BCUT2D eigenvalue weighted by Gasteiger charge is -2.17. The predicted octanol–water partition coefficient (Wildman–Crippen LogP) is 0.716. The number of ether oxygens (including phenoxy) is 1. The molecule has 0 aromatic carbocycles. The highest BCUT2D eigenvalue weighted by atomic mass is 16.5. The second-order valence-corrected chi connectivity index (χ2v) is 3.66. The highest BCUT2D eigenvalue weighted by Gasteiger charge is 2.30. The molecule has 0 spiro atoms. The fraction of sp³-hybridized carbons (Fsp3) is 0.667. The van der Waals surface area contributed by atoms with Crippen LogP contribution in [0, 0.1) is 0 Å². The van der Waals surface area contributed by atoms with E-state index in [1.165, 1.54) is 6.20 Å². The summed E-state index contributed by atoms with van der Waals surface area (Å²) < 4.78 is 6.91. The maximum absolute atomic E-state index is 10.6. The number of hydrogen-bond acceptors (Lipinski definition) is 4. The number of carbonyl (C=O) groups is 1. The first-order valence-electron chi connectivity index (χ1n) is 4.90. The van der Waals surface area contributed by atoms with Gasteiger partial charge in [-0.05, 0) is 19.3 Å². The molecule has 1 heterocycles. The van der Waals surface area contributed by atoms with Crippen LogP contribution in [0.4, 0.5) is 0 Å². The second kappa shape index (κ2) is 3.98. The third kappa shape index (κ3) is 1.85. The number of aromatic carboxylic acids is 1. The first kappa shape index (κ1) is 10.1. The molecule has 82 valence electrons. The van der Waals surface area contributed by atoms with Gasteiger partial charge in [-0.25, -0.2) is 9.48 Å². The Morgan fingerprint density at radius 3 is 3.07 bits per heavy atom. The van der Waals surface area contributed by atoms with E-state index < -0.39 is 5.97 Å². The molecule has 0 radical (unpaired) electrons. The standard InChI is InChI=1S/C9H13N3O3/c1-15-8-4-2-3-7(8)12-5-6(9(13)14)10-11-12/h5,7-8H,2-4H2,1H3,(H,13,14). The van der Waals surface area contributed by atoms with Crippen LogP contribution in [0.3, 0.4) is 0 Å². The van der Waals surface area contributed by atoms with Gasteiger partial charge in [0.1, 0.15) is 0 Å². The predicted molar refractivity (Wildman–Crippen MR) is 50.7 cm³/mol. The van der Waals surface area contributed by atoms with Gasteiger partial charge in [0.2, 0.25) is 0 Å². The third-order valence-electron chi connectivity index (χ3n) is 2.79. The van der Waals surface area contributed by atoms with E-state index in [0.29, 0.717) is 0 Å². The first-order valence-corrected chi connectivity index (χ1v) is 4.90. The summed E-state index contributed by atoms with van der Waals surface area (Å²) in [5.41, 5.74) is -0.0169. The molecule has 2 rings (SSSR count). The minimum Gasteiger partial charge on any atom is -0.476 e. The summed E-state index contributed by atoms with van der Waals surface area (Å²) >= 11 is 0. The summed E-state index contributed by atoms with van der Waals surface area (Å²) in [6.45, 7) is 0. The Labute approximate surface area is 86.8 Å². The van der Waals surface area contributed by atoms with Gasteiger partial charge in [0.05, 0.1) is 18.3 Å². The summed E-state index contributed by atoms with van der Waals surface area (Å²) in [5, 5.41) is 16.1. The monoisotopic (exact) mass is 211 g/mol. The van der Waals surface area contributed by atoms with Crippen molar-refractivity contribution in [3.63, 3.8) is 0 Å². The topological polar surface area (TPSA) is 77.2 Å². The molecule has 2 atom stereocenters. The molecule has 1 aromatic rings. The molecular weight excluding hydrogens is 198 g/mol. The highest BCUT2D eigenvalue weighted by Crippen LogP contribution is 2.31. The summed E-state index contributed by atoms with van der Waals surface area (Å²) in [7, 11) is 1.66. The summed E-state index contributed by atoms with van der Waals surface area (Å²) in [4.78, 5) is 10.6. The Balaban J connectivity index is 2.18. The zero-order valence-corrected chi connectivity index (χ0v) is 8.46. The molecule has 0 aliphatic heterocycles. The molecule has 0 amide bonds. The van der Waals surface area contributed by atoms with Crippen LogP contribution >= 0.6 is 0 Å². The van der Waals surface area contributed by atoms with Crippen molar-refractivity contribution in [2.75, 3.05) is 7.11 Å². The molecule has 6 nitrogen and oxygen atoms in total. The maximum Gasteiger partial charge on any atom is 0.358 e. The van der Waals surface area contributed by atoms with Crippen LogP contribution in [0.25, 0.3) is 0 Å². The fourth-order valence-corrected chi connectivity index (χ4v) is 2.02. The normalized spacial score (nSPS) is 25.7. The van der Waals surface area contributed by atoms with E-state index in [2.05, 4.69) is 10.3 Å². The van der Waals surface area contributed by atoms with Crippen LogP contribution in [0.1, 0.15) is 35.8 Å². The summed E-state index contributed by atoms with van der Waals surface area (Å²) in [5.74, 6) is -1.05. The highest BCUT2D eigenvalue weighted by molar-refractivity contribution is 5.84. The van der Waals surface area contributed by atoms with Crippen LogP contribution in [-0.4, -0.2) is 39.3 Å². The number of hydrogen-bond donors (Lipinski definition) is 1. The van der Waals surface area contributed by atoms with E-state index in [1.807, 2.05) is 0 Å². The van der Waals surface area contributed by atoms with Crippen LogP contribution in [0.2, 0.25) is 0 Å². The van der Waals surface area contributed by atoms with Crippen molar-refractivity contribution in [2.24, 2.45) is 0 Å². The lowest BCUT2D eigenvalue weighted by atomic mass is 10.2. The molecule has 1 aliphatic rings. The van der Waals surface area contributed by atoms with Gasteiger partial charge in [-0.2, -0.15) is 0 Å². The van der Waals surface area contributed by atoms with Gasteiger partial charge in [-0.3, -0.25) is 0 Å². The number of carboxylic acids is 1. The number of aromatic nitrogens is 3. The number of methoxy groups -OCH3 is 1. The minimum atomic E-state index is -1.05. The zero-order valence-electron chi connectivity index (χ0n) is 8.46. The van der Waals surface area contributed by atoms with Crippen molar-refractivity contribution < 1.29 is 14.6 Å². The largest absolute Gasteiger partial charge is 0.476 e. The smallest absolute Gasteiger partial charge is 0.358 e. The van der Waals surface area contributed by atoms with E-state index in [4.69, 9.17) is 9.84 Å². The van der Waals surface area contributed by atoms with E-state index >= 15 is 0 Å². The van der Waals surface area contributed by atoms with Crippen LogP contribution in [-0.2, 0) is 4.74 Å². The number of rotatable bonds is 3. The third-order valence-corrected chi connectivity index (χ3v) is 2.79. The van der Waals surface area contributed by atoms with Crippen molar-refractivity contribution in [3.05, 3.63) is 11.9 Å². The van der Waals surface area contributed by atoms with Gasteiger partial charge in [-0.15, -0.1) is 5.10 Å². The molecule has 6 heteroatoms. The molecule has 1 aliphatic carbocycles. The van der Waals surface area contributed by atoms with E-state index in [0.717, 1.165) is 19.3 Å². The fourth-order valence-electron chi connectivity index (χ4n) is 2.02. The Morgan fingerprint density at radius 1 is 1.67 bits per heavy atom. The molecule has 0 saturated heterocycles.